The number of hydrogen-bond donors (Lipinski definition) is 1. The van der Waals surface area contributed by atoms with Crippen molar-refractivity contribution in [1.29, 1.82) is 0 Å². The fraction of sp³-hybridized carbons (Fsp3) is 0.250. The van der Waals surface area contributed by atoms with Crippen molar-refractivity contribution in [2.45, 2.75) is 6.61 Å². The van der Waals surface area contributed by atoms with E-state index in [1.807, 2.05) is 22.8 Å². The Morgan fingerprint density at radius 1 is 1.35 bits per heavy atom. The summed E-state index contributed by atoms with van der Waals surface area (Å²) in [6.07, 6.45) is 3.51. The zero-order chi connectivity index (χ0) is 12.3. The number of hydrogen-bond acceptors (Lipinski definition) is 4. The summed E-state index contributed by atoms with van der Waals surface area (Å²) in [7, 11) is 3.25. The van der Waals surface area contributed by atoms with Crippen LogP contribution in [-0.2, 0) is 11.3 Å². The van der Waals surface area contributed by atoms with Gasteiger partial charge in [0.05, 0.1) is 43.3 Å². The lowest BCUT2D eigenvalue weighted by molar-refractivity contribution is 0.180. The minimum atomic E-state index is 0.507. The molecule has 0 aliphatic heterocycles. The third kappa shape index (κ3) is 2.24. The molecule has 2 aromatic rings. The number of aromatic nitrogens is 2. The highest BCUT2D eigenvalue weighted by molar-refractivity contribution is 5.57. The predicted octanol–water partition coefficient (Wildman–Crippen LogP) is 1.61. The Bertz CT molecular complexity index is 508. The van der Waals surface area contributed by atoms with E-state index in [-0.39, 0.29) is 0 Å². The van der Waals surface area contributed by atoms with Crippen LogP contribution in [-0.4, -0.2) is 23.8 Å². The summed E-state index contributed by atoms with van der Waals surface area (Å²) in [4.78, 5) is 4.11. The molecular formula is C12H15N3O2. The molecule has 0 aliphatic carbocycles. The van der Waals surface area contributed by atoms with Crippen molar-refractivity contribution >= 4 is 5.69 Å². The number of nitrogens with zero attached hydrogens (tertiary/aromatic N) is 2. The van der Waals surface area contributed by atoms with Crippen LogP contribution in [0.25, 0.3) is 5.69 Å². The summed E-state index contributed by atoms with van der Waals surface area (Å²) in [5.41, 5.74) is 8.31. The first-order valence-electron chi connectivity index (χ1n) is 5.20. The Morgan fingerprint density at radius 3 is 2.88 bits per heavy atom. The smallest absolute Gasteiger partial charge is 0.143 e. The number of anilines is 1. The van der Waals surface area contributed by atoms with Crippen LogP contribution in [0.1, 0.15) is 5.69 Å². The lowest BCUT2D eigenvalue weighted by atomic mass is 10.2. The number of nitrogens with two attached hydrogens (primary N) is 1. The highest BCUT2D eigenvalue weighted by Crippen LogP contribution is 2.25. The molecule has 0 aliphatic rings. The largest absolute Gasteiger partial charge is 0.495 e. The lowest BCUT2D eigenvalue weighted by Gasteiger charge is -2.10. The van der Waals surface area contributed by atoms with Crippen molar-refractivity contribution in [2.24, 2.45) is 0 Å². The van der Waals surface area contributed by atoms with Crippen molar-refractivity contribution in [3.63, 3.8) is 0 Å². The molecule has 5 heteroatoms. The summed E-state index contributed by atoms with van der Waals surface area (Å²) in [6.45, 7) is 0.507. The number of nitrogen functional groups attached to an aromatic ring is 1. The van der Waals surface area contributed by atoms with Gasteiger partial charge < -0.3 is 19.8 Å². The fourth-order valence-electron chi connectivity index (χ4n) is 1.66. The number of rotatable bonds is 4. The lowest BCUT2D eigenvalue weighted by Crippen LogP contribution is -2.01. The van der Waals surface area contributed by atoms with Gasteiger partial charge in [-0.3, -0.25) is 0 Å². The van der Waals surface area contributed by atoms with Gasteiger partial charge in [-0.1, -0.05) is 0 Å². The maximum Gasteiger partial charge on any atom is 0.143 e. The van der Waals surface area contributed by atoms with Gasteiger partial charge in [0.25, 0.3) is 0 Å². The van der Waals surface area contributed by atoms with E-state index in [0.717, 1.165) is 11.4 Å². The van der Waals surface area contributed by atoms with Crippen LogP contribution >= 0.6 is 0 Å². The van der Waals surface area contributed by atoms with E-state index in [0.29, 0.717) is 18.0 Å². The number of benzene rings is 1. The van der Waals surface area contributed by atoms with E-state index < -0.39 is 0 Å². The minimum absolute atomic E-state index is 0.507. The molecule has 17 heavy (non-hydrogen) atoms. The molecule has 0 radical (unpaired) electrons. The first-order valence-corrected chi connectivity index (χ1v) is 5.20. The molecule has 0 saturated carbocycles. The van der Waals surface area contributed by atoms with Gasteiger partial charge in [-0.25, -0.2) is 4.98 Å². The molecule has 0 fully saturated rings. The summed E-state index contributed by atoms with van der Waals surface area (Å²) in [5, 5.41) is 0. The van der Waals surface area contributed by atoms with E-state index in [2.05, 4.69) is 4.98 Å². The van der Waals surface area contributed by atoms with E-state index >= 15 is 0 Å². The Kier molecular flexibility index (Phi) is 3.30. The number of ether oxygens (including phenoxy) is 2. The van der Waals surface area contributed by atoms with Gasteiger partial charge >= 0.3 is 0 Å². The van der Waals surface area contributed by atoms with Crippen LogP contribution in [0.2, 0.25) is 0 Å². The molecule has 0 unspecified atom stereocenters. The molecule has 0 amide bonds. The predicted molar refractivity (Wildman–Crippen MR) is 65.2 cm³/mol. The number of methoxy groups -OCH3 is 2. The molecule has 1 aromatic carbocycles. The van der Waals surface area contributed by atoms with E-state index in [1.165, 1.54) is 0 Å². The zero-order valence-corrected chi connectivity index (χ0v) is 9.88. The fourth-order valence-corrected chi connectivity index (χ4v) is 1.66. The molecule has 0 saturated heterocycles. The van der Waals surface area contributed by atoms with Crippen molar-refractivity contribution in [3.05, 3.63) is 36.4 Å². The van der Waals surface area contributed by atoms with E-state index in [1.54, 1.807) is 26.7 Å². The molecule has 1 aromatic heterocycles. The highest BCUT2D eigenvalue weighted by atomic mass is 16.5. The SMILES string of the molecule is COCc1cncn1-c1ccc(N)c(OC)c1. The van der Waals surface area contributed by atoms with Gasteiger partial charge in [0.2, 0.25) is 0 Å². The summed E-state index contributed by atoms with van der Waals surface area (Å²) in [5.74, 6) is 0.652. The van der Waals surface area contributed by atoms with Crippen molar-refractivity contribution in [3.8, 4) is 11.4 Å². The average molecular weight is 233 g/mol. The van der Waals surface area contributed by atoms with Gasteiger partial charge in [-0.15, -0.1) is 0 Å². The molecular weight excluding hydrogens is 218 g/mol. The second-order valence-electron chi connectivity index (χ2n) is 3.61. The van der Waals surface area contributed by atoms with Gasteiger partial charge in [0, 0.05) is 13.2 Å². The molecule has 5 nitrogen and oxygen atoms in total. The first-order chi connectivity index (χ1) is 8.26. The Hall–Kier alpha value is -2.01. The van der Waals surface area contributed by atoms with Crippen LogP contribution in [0.15, 0.2) is 30.7 Å². The zero-order valence-electron chi connectivity index (χ0n) is 9.88. The molecule has 1 heterocycles. The Labute approximate surface area is 99.8 Å². The molecule has 0 atom stereocenters. The highest BCUT2D eigenvalue weighted by Gasteiger charge is 2.06. The van der Waals surface area contributed by atoms with E-state index in [9.17, 15) is 0 Å². The van der Waals surface area contributed by atoms with Crippen molar-refractivity contribution < 1.29 is 9.47 Å². The number of imidazole rings is 1. The third-order valence-corrected chi connectivity index (χ3v) is 2.50. The minimum Gasteiger partial charge on any atom is -0.495 e. The van der Waals surface area contributed by atoms with Crippen LogP contribution in [0, 0.1) is 0 Å². The molecule has 90 valence electrons. The molecule has 2 N–H and O–H groups in total. The molecule has 0 bridgehead atoms. The van der Waals surface area contributed by atoms with Crippen molar-refractivity contribution in [2.75, 3.05) is 20.0 Å². The monoisotopic (exact) mass is 233 g/mol. The normalized spacial score (nSPS) is 10.5. The second kappa shape index (κ2) is 4.88. The topological polar surface area (TPSA) is 62.3 Å². The summed E-state index contributed by atoms with van der Waals surface area (Å²) < 4.78 is 12.2. The van der Waals surface area contributed by atoms with Gasteiger partial charge in [0.15, 0.2) is 0 Å². The maximum absolute atomic E-state index is 5.78. The first kappa shape index (κ1) is 11.5. The second-order valence-corrected chi connectivity index (χ2v) is 3.61. The van der Waals surface area contributed by atoms with Crippen LogP contribution in [0.3, 0.4) is 0 Å². The standard InChI is InChI=1S/C12H15N3O2/c1-16-7-10-6-14-8-15(10)9-3-4-11(13)12(5-9)17-2/h3-6,8H,7,13H2,1-2H3. The van der Waals surface area contributed by atoms with Gasteiger partial charge in [0.1, 0.15) is 5.75 Å². The van der Waals surface area contributed by atoms with Crippen molar-refractivity contribution in [1.82, 2.24) is 9.55 Å². The summed E-state index contributed by atoms with van der Waals surface area (Å²) in [6, 6.07) is 5.60. The van der Waals surface area contributed by atoms with Crippen LogP contribution in [0.4, 0.5) is 5.69 Å². The molecule has 0 spiro atoms. The Balaban J connectivity index is 2.42. The maximum atomic E-state index is 5.78. The molecule has 2 rings (SSSR count). The third-order valence-electron chi connectivity index (χ3n) is 2.50. The van der Waals surface area contributed by atoms with Crippen LogP contribution in [0.5, 0.6) is 5.75 Å². The van der Waals surface area contributed by atoms with E-state index in [4.69, 9.17) is 15.2 Å². The quantitative estimate of drug-likeness (QED) is 0.815. The summed E-state index contributed by atoms with van der Waals surface area (Å²) >= 11 is 0. The van der Waals surface area contributed by atoms with Crippen LogP contribution < -0.4 is 10.5 Å². The van der Waals surface area contributed by atoms with Gasteiger partial charge in [-0.05, 0) is 12.1 Å². The average Bonchev–Trinajstić information content (AvgIpc) is 2.78. The van der Waals surface area contributed by atoms with Gasteiger partial charge in [-0.2, -0.15) is 0 Å². The Morgan fingerprint density at radius 2 is 2.18 bits per heavy atom.